The Kier molecular flexibility index (Phi) is 6.08. The van der Waals surface area contributed by atoms with Gasteiger partial charge in [0, 0.05) is 5.38 Å². The van der Waals surface area contributed by atoms with E-state index in [1.165, 1.54) is 7.11 Å². The van der Waals surface area contributed by atoms with E-state index in [0.29, 0.717) is 0 Å². The van der Waals surface area contributed by atoms with Crippen LogP contribution in [0.4, 0.5) is 0 Å². The number of hydrogen-bond acceptors (Lipinski definition) is 2. The van der Waals surface area contributed by atoms with Crippen molar-refractivity contribution in [1.29, 1.82) is 0 Å². The number of alkyl halides is 1. The lowest BCUT2D eigenvalue weighted by molar-refractivity contribution is -0.301. The molecule has 10 heavy (non-hydrogen) atoms. The highest BCUT2D eigenvalue weighted by Crippen LogP contribution is 2.11. The van der Waals surface area contributed by atoms with E-state index in [4.69, 9.17) is 16.5 Å². The summed E-state index contributed by atoms with van der Waals surface area (Å²) < 4.78 is 0. The Morgan fingerprint density at radius 1 is 1.50 bits per heavy atom. The van der Waals surface area contributed by atoms with Crippen molar-refractivity contribution in [1.82, 2.24) is 0 Å². The van der Waals surface area contributed by atoms with Gasteiger partial charge in [0.1, 0.15) is 0 Å². The van der Waals surface area contributed by atoms with Gasteiger partial charge >= 0.3 is 0 Å². The van der Waals surface area contributed by atoms with Gasteiger partial charge in [-0.15, -0.1) is 11.6 Å². The van der Waals surface area contributed by atoms with Gasteiger partial charge in [-0.05, 0) is 19.8 Å². The lowest BCUT2D eigenvalue weighted by atomic mass is 10.2. The Morgan fingerprint density at radius 3 is 2.50 bits per heavy atom. The first-order valence-electron chi connectivity index (χ1n) is 3.54. The molecule has 0 saturated heterocycles. The van der Waals surface area contributed by atoms with Crippen LogP contribution in [-0.4, -0.2) is 18.6 Å². The van der Waals surface area contributed by atoms with Crippen LogP contribution in [0.3, 0.4) is 0 Å². The summed E-state index contributed by atoms with van der Waals surface area (Å²) in [7, 11) is 1.51. The molecule has 0 amide bonds. The van der Waals surface area contributed by atoms with Crippen LogP contribution in [-0.2, 0) is 9.78 Å². The second kappa shape index (κ2) is 5.96. The third kappa shape index (κ3) is 5.03. The van der Waals surface area contributed by atoms with E-state index in [2.05, 4.69) is 11.8 Å². The summed E-state index contributed by atoms with van der Waals surface area (Å²) in [5.74, 6) is 0. The molecule has 0 bridgehead atoms. The molecule has 0 saturated carbocycles. The molecular weight excluding hydrogens is 152 g/mol. The molecule has 62 valence electrons. The Bertz CT molecular complexity index is 78.0. The fraction of sp³-hybridized carbons (Fsp3) is 1.00. The molecule has 2 atom stereocenters. The van der Waals surface area contributed by atoms with Crippen molar-refractivity contribution in [2.24, 2.45) is 0 Å². The zero-order chi connectivity index (χ0) is 7.98. The fourth-order valence-electron chi connectivity index (χ4n) is 0.730. The van der Waals surface area contributed by atoms with Crippen LogP contribution in [0, 0.1) is 0 Å². The van der Waals surface area contributed by atoms with Crippen LogP contribution in [0.15, 0.2) is 0 Å². The van der Waals surface area contributed by atoms with E-state index < -0.39 is 0 Å². The summed E-state index contributed by atoms with van der Waals surface area (Å²) in [5.41, 5.74) is 0. The molecule has 3 heteroatoms. The second-order valence-corrected chi connectivity index (χ2v) is 2.93. The van der Waals surface area contributed by atoms with Crippen molar-refractivity contribution in [3.8, 4) is 0 Å². The molecule has 0 aromatic rings. The van der Waals surface area contributed by atoms with Gasteiger partial charge in [0.25, 0.3) is 0 Å². The topological polar surface area (TPSA) is 18.5 Å². The third-order valence-corrected chi connectivity index (χ3v) is 1.78. The van der Waals surface area contributed by atoms with Crippen LogP contribution >= 0.6 is 11.6 Å². The standard InChI is InChI=1S/C7H15ClO2/c1-4-7(8)5-6(2)10-9-3/h6-7H,4-5H2,1-3H3. The minimum Gasteiger partial charge on any atom is -0.240 e. The minimum atomic E-state index is 0.0902. The largest absolute Gasteiger partial charge is 0.240 e. The molecular formula is C7H15ClO2. The number of rotatable bonds is 5. The lowest BCUT2D eigenvalue weighted by Gasteiger charge is -2.12. The zero-order valence-electron chi connectivity index (χ0n) is 6.76. The van der Waals surface area contributed by atoms with Gasteiger partial charge in [-0.3, -0.25) is 0 Å². The summed E-state index contributed by atoms with van der Waals surface area (Å²) in [5, 5.41) is 0.199. The lowest BCUT2D eigenvalue weighted by Crippen LogP contribution is -2.13. The Hall–Kier alpha value is 0.210. The highest BCUT2D eigenvalue weighted by atomic mass is 35.5. The summed E-state index contributed by atoms with van der Waals surface area (Å²) in [6.07, 6.45) is 1.90. The molecule has 0 N–H and O–H groups in total. The van der Waals surface area contributed by atoms with E-state index in [-0.39, 0.29) is 11.5 Å². The molecule has 0 spiro atoms. The van der Waals surface area contributed by atoms with E-state index in [1.54, 1.807) is 0 Å². The zero-order valence-corrected chi connectivity index (χ0v) is 7.52. The van der Waals surface area contributed by atoms with Crippen molar-refractivity contribution in [3.63, 3.8) is 0 Å². The highest BCUT2D eigenvalue weighted by molar-refractivity contribution is 6.20. The predicted octanol–water partition coefficient (Wildman–Crippen LogP) is 2.36. The van der Waals surface area contributed by atoms with Crippen LogP contribution in [0.2, 0.25) is 0 Å². The first-order valence-corrected chi connectivity index (χ1v) is 3.97. The van der Waals surface area contributed by atoms with Crippen molar-refractivity contribution in [2.75, 3.05) is 7.11 Å². The van der Waals surface area contributed by atoms with E-state index >= 15 is 0 Å². The quantitative estimate of drug-likeness (QED) is 0.355. The molecule has 0 heterocycles. The van der Waals surface area contributed by atoms with Gasteiger partial charge in [0.15, 0.2) is 0 Å². The molecule has 0 aliphatic heterocycles. The van der Waals surface area contributed by atoms with Crippen LogP contribution in [0.1, 0.15) is 26.7 Å². The number of halogens is 1. The van der Waals surface area contributed by atoms with Crippen molar-refractivity contribution >= 4 is 11.6 Å². The molecule has 0 aromatic heterocycles. The molecule has 0 radical (unpaired) electrons. The summed E-state index contributed by atoms with van der Waals surface area (Å²) >= 11 is 5.86. The second-order valence-electron chi connectivity index (χ2n) is 2.31. The first kappa shape index (κ1) is 10.2. The molecule has 0 aliphatic rings. The van der Waals surface area contributed by atoms with E-state index in [1.807, 2.05) is 6.92 Å². The maximum atomic E-state index is 5.86. The fourth-order valence-corrected chi connectivity index (χ4v) is 0.981. The maximum absolute atomic E-state index is 5.86. The van der Waals surface area contributed by atoms with E-state index in [9.17, 15) is 0 Å². The van der Waals surface area contributed by atoms with Crippen molar-refractivity contribution < 1.29 is 9.78 Å². The van der Waals surface area contributed by atoms with Gasteiger partial charge in [0.05, 0.1) is 13.2 Å². The molecule has 0 rings (SSSR count). The Morgan fingerprint density at radius 2 is 2.10 bits per heavy atom. The molecule has 2 nitrogen and oxygen atoms in total. The van der Waals surface area contributed by atoms with Crippen LogP contribution in [0.5, 0.6) is 0 Å². The minimum absolute atomic E-state index is 0.0902. The normalized spacial score (nSPS) is 16.8. The molecule has 2 unspecified atom stereocenters. The first-order chi connectivity index (χ1) is 4.70. The monoisotopic (exact) mass is 166 g/mol. The van der Waals surface area contributed by atoms with Gasteiger partial charge in [0.2, 0.25) is 0 Å². The SMILES string of the molecule is CCC(Cl)CC(C)OOC. The smallest absolute Gasteiger partial charge is 0.0915 e. The Balaban J connectivity index is 3.27. The van der Waals surface area contributed by atoms with Crippen LogP contribution < -0.4 is 0 Å². The molecule has 0 aliphatic carbocycles. The molecule has 0 aromatic carbocycles. The highest BCUT2D eigenvalue weighted by Gasteiger charge is 2.08. The summed E-state index contributed by atoms with van der Waals surface area (Å²) in [6, 6.07) is 0. The van der Waals surface area contributed by atoms with Crippen LogP contribution in [0.25, 0.3) is 0 Å². The summed E-state index contributed by atoms with van der Waals surface area (Å²) in [6.45, 7) is 3.99. The van der Waals surface area contributed by atoms with Gasteiger partial charge in [-0.2, -0.15) is 0 Å². The Labute approximate surface area is 67.4 Å². The average molecular weight is 167 g/mol. The predicted molar refractivity (Wildman–Crippen MR) is 42.1 cm³/mol. The van der Waals surface area contributed by atoms with Crippen molar-refractivity contribution in [2.45, 2.75) is 38.2 Å². The third-order valence-electron chi connectivity index (χ3n) is 1.29. The number of hydrogen-bond donors (Lipinski definition) is 0. The maximum Gasteiger partial charge on any atom is 0.0915 e. The summed E-state index contributed by atoms with van der Waals surface area (Å²) in [4.78, 5) is 9.32. The molecule has 0 fully saturated rings. The van der Waals surface area contributed by atoms with Gasteiger partial charge in [-0.25, -0.2) is 9.78 Å². The van der Waals surface area contributed by atoms with Crippen molar-refractivity contribution in [3.05, 3.63) is 0 Å². The average Bonchev–Trinajstić information content (AvgIpc) is 1.88. The van der Waals surface area contributed by atoms with Gasteiger partial charge < -0.3 is 0 Å². The van der Waals surface area contributed by atoms with Gasteiger partial charge in [-0.1, -0.05) is 6.92 Å². The van der Waals surface area contributed by atoms with E-state index in [0.717, 1.165) is 12.8 Å².